The van der Waals surface area contributed by atoms with Gasteiger partial charge in [0.2, 0.25) is 0 Å². The first-order valence-corrected chi connectivity index (χ1v) is 18.4. The summed E-state index contributed by atoms with van der Waals surface area (Å²) >= 11 is 0. The Morgan fingerprint density at radius 2 is 1.68 bits per heavy atom. The van der Waals surface area contributed by atoms with Crippen LogP contribution in [0.15, 0.2) is 105 Å². The van der Waals surface area contributed by atoms with Crippen LogP contribution in [0, 0.1) is 5.92 Å². The van der Waals surface area contributed by atoms with Gasteiger partial charge >= 0.3 is 17.6 Å². The third-order valence-corrected chi connectivity index (χ3v) is 10.8. The van der Waals surface area contributed by atoms with Gasteiger partial charge in [-0.3, -0.25) is 4.79 Å². The summed E-state index contributed by atoms with van der Waals surface area (Å²) in [7, 11) is 0. The van der Waals surface area contributed by atoms with E-state index in [1.54, 1.807) is 32.0 Å². The van der Waals surface area contributed by atoms with E-state index in [2.05, 4.69) is 48.6 Å². The number of esters is 2. The van der Waals surface area contributed by atoms with E-state index in [1.165, 1.54) is 5.56 Å². The summed E-state index contributed by atoms with van der Waals surface area (Å²) in [6.45, 7) is 7.04. The second-order valence-corrected chi connectivity index (χ2v) is 15.0. The van der Waals surface area contributed by atoms with E-state index in [-0.39, 0.29) is 42.8 Å². The fourth-order valence-corrected chi connectivity index (χ4v) is 8.02. The Morgan fingerprint density at radius 1 is 0.906 bits per heavy atom. The SMILES string of the molecule is CC(C)=C1CCc2ccc(cc2)[C@@H]2C=C[C@@H](c3ccccc3)C[C@H]2CC(=O)O[C@@H]2c3c(ccc4cc(CCOCO)c(=O)oc34)OC(C)(C)[C@H]2OC1=O. The Balaban J connectivity index is 1.33. The number of carbonyl (C=O) groups is 2. The molecule has 276 valence electrons. The third-order valence-electron chi connectivity index (χ3n) is 10.8. The van der Waals surface area contributed by atoms with Crippen LogP contribution in [0.5, 0.6) is 5.75 Å². The van der Waals surface area contributed by atoms with Crippen molar-refractivity contribution in [2.45, 2.75) is 89.4 Å². The number of aryl methyl sites for hydroxylation is 1. The van der Waals surface area contributed by atoms with Crippen LogP contribution in [-0.4, -0.2) is 42.1 Å². The molecule has 4 aromatic rings. The number of benzene rings is 3. The predicted molar refractivity (Wildman–Crippen MR) is 200 cm³/mol. The van der Waals surface area contributed by atoms with Gasteiger partial charge in [0.05, 0.1) is 12.2 Å². The number of aliphatic hydroxyl groups excluding tert-OH is 1. The summed E-state index contributed by atoms with van der Waals surface area (Å²) in [5.74, 6) is -0.584. The molecule has 0 radical (unpaired) electrons. The highest BCUT2D eigenvalue weighted by Crippen LogP contribution is 2.48. The lowest BCUT2D eigenvalue weighted by molar-refractivity contribution is -0.188. The first kappa shape index (κ1) is 36.4. The molecule has 0 saturated carbocycles. The maximum Gasteiger partial charge on any atom is 0.339 e. The minimum absolute atomic E-state index is 0.0167. The number of fused-ring (bicyclic) bond motifs is 11. The summed E-state index contributed by atoms with van der Waals surface area (Å²) in [5.41, 5.74) is 3.93. The first-order valence-electron chi connectivity index (χ1n) is 18.4. The van der Waals surface area contributed by atoms with Gasteiger partial charge in [-0.05, 0) is 87.8 Å². The molecular formula is C44H46O9. The first-order chi connectivity index (χ1) is 25.5. The van der Waals surface area contributed by atoms with Gasteiger partial charge in [0.15, 0.2) is 12.2 Å². The summed E-state index contributed by atoms with van der Waals surface area (Å²) in [5, 5.41) is 9.63. The Hall–Kier alpha value is -4.99. The molecule has 5 atom stereocenters. The topological polar surface area (TPSA) is 122 Å². The molecule has 1 aromatic heterocycles. The molecule has 3 aromatic carbocycles. The zero-order valence-electron chi connectivity index (χ0n) is 30.6. The standard InChI is InChI=1S/C44H46O9/c1-26(2)34-17-12-27-10-13-29(14-11-27)35-18-15-30(28-8-6-5-7-9-28)22-33(35)24-37(46)50-40-38-36(53-44(3,4)41(40)52-43(34)48)19-16-31-23-32(20-21-49-25-45)42(47)51-39(31)38/h5-11,13-16,18-19,23,30,33,35,40-41,45H,12,17,20-22,24-25H2,1-4H3/t30-,33+,35+,40-,41+/m1/s1. The molecule has 9 heteroatoms. The Kier molecular flexibility index (Phi) is 10.4. The zero-order valence-corrected chi connectivity index (χ0v) is 30.6. The molecular weight excluding hydrogens is 672 g/mol. The summed E-state index contributed by atoms with van der Waals surface area (Å²) < 4.78 is 30.4. The van der Waals surface area contributed by atoms with Gasteiger partial charge in [-0.2, -0.15) is 0 Å². The fraction of sp³-hybridized carbons (Fsp3) is 0.386. The zero-order chi connectivity index (χ0) is 37.3. The monoisotopic (exact) mass is 718 g/mol. The highest BCUT2D eigenvalue weighted by molar-refractivity contribution is 5.90. The molecule has 0 saturated heterocycles. The molecule has 8 rings (SSSR count). The van der Waals surface area contributed by atoms with Crippen molar-refractivity contribution >= 4 is 22.9 Å². The molecule has 9 nitrogen and oxygen atoms in total. The van der Waals surface area contributed by atoms with Crippen molar-refractivity contribution in [3.63, 3.8) is 0 Å². The third kappa shape index (κ3) is 7.59. The molecule has 3 aliphatic heterocycles. The minimum atomic E-state index is -1.15. The van der Waals surface area contributed by atoms with Gasteiger partial charge in [0.25, 0.3) is 0 Å². The average molecular weight is 719 g/mol. The lowest BCUT2D eigenvalue weighted by Crippen LogP contribution is -2.52. The Labute approximate surface area is 309 Å². The van der Waals surface area contributed by atoms with Crippen molar-refractivity contribution in [3.05, 3.63) is 134 Å². The van der Waals surface area contributed by atoms with Crippen molar-refractivity contribution in [1.29, 1.82) is 0 Å². The molecule has 0 spiro atoms. The molecule has 1 N–H and O–H groups in total. The Morgan fingerprint density at radius 3 is 2.42 bits per heavy atom. The van der Waals surface area contributed by atoms with E-state index in [9.17, 15) is 14.4 Å². The number of rotatable bonds is 5. The van der Waals surface area contributed by atoms with E-state index < -0.39 is 42.2 Å². The van der Waals surface area contributed by atoms with Crippen molar-refractivity contribution in [3.8, 4) is 5.75 Å². The highest BCUT2D eigenvalue weighted by Gasteiger charge is 2.50. The molecule has 2 bridgehead atoms. The molecule has 1 aliphatic carbocycles. The van der Waals surface area contributed by atoms with E-state index >= 15 is 0 Å². The molecule has 53 heavy (non-hydrogen) atoms. The largest absolute Gasteiger partial charge is 0.483 e. The van der Waals surface area contributed by atoms with Crippen molar-refractivity contribution in [2.24, 2.45) is 5.92 Å². The van der Waals surface area contributed by atoms with Crippen molar-refractivity contribution < 1.29 is 38.1 Å². The minimum Gasteiger partial charge on any atom is -0.483 e. The van der Waals surface area contributed by atoms with E-state index in [4.69, 9.17) is 28.5 Å². The fourth-order valence-electron chi connectivity index (χ4n) is 8.02. The van der Waals surface area contributed by atoms with Gasteiger partial charge in [-0.1, -0.05) is 72.3 Å². The van der Waals surface area contributed by atoms with Crippen LogP contribution in [0.25, 0.3) is 11.0 Å². The maximum atomic E-state index is 14.4. The van der Waals surface area contributed by atoms with Crippen LogP contribution in [0.1, 0.15) is 92.7 Å². The van der Waals surface area contributed by atoms with Crippen LogP contribution in [0.3, 0.4) is 0 Å². The second-order valence-electron chi connectivity index (χ2n) is 15.0. The number of ether oxygens (including phenoxy) is 4. The number of hydrogen-bond donors (Lipinski definition) is 1. The van der Waals surface area contributed by atoms with Crippen LogP contribution < -0.4 is 10.4 Å². The van der Waals surface area contributed by atoms with Gasteiger partial charge in [-0.25, -0.2) is 9.59 Å². The predicted octanol–water partition coefficient (Wildman–Crippen LogP) is 7.79. The van der Waals surface area contributed by atoms with Crippen LogP contribution in [0.2, 0.25) is 0 Å². The lowest BCUT2D eigenvalue weighted by atomic mass is 9.72. The second kappa shape index (κ2) is 15.2. The van der Waals surface area contributed by atoms with E-state index in [1.807, 2.05) is 32.0 Å². The highest BCUT2D eigenvalue weighted by atomic mass is 16.6. The summed E-state index contributed by atoms with van der Waals surface area (Å²) in [6, 6.07) is 24.0. The summed E-state index contributed by atoms with van der Waals surface area (Å²) in [4.78, 5) is 41.8. The maximum absolute atomic E-state index is 14.4. The van der Waals surface area contributed by atoms with Crippen LogP contribution in [-0.2, 0) is 36.6 Å². The average Bonchev–Trinajstić information content (AvgIpc) is 3.13. The number of carbonyl (C=O) groups excluding carboxylic acids is 2. The number of aliphatic hydroxyl groups is 1. The van der Waals surface area contributed by atoms with Gasteiger partial charge in [0, 0.05) is 41.2 Å². The summed E-state index contributed by atoms with van der Waals surface area (Å²) in [6.07, 6.45) is 4.42. The molecule has 0 amide bonds. The normalized spacial score (nSPS) is 24.0. The van der Waals surface area contributed by atoms with Gasteiger partial charge in [-0.15, -0.1) is 0 Å². The van der Waals surface area contributed by atoms with Gasteiger partial charge < -0.3 is 28.5 Å². The molecule has 0 fully saturated rings. The van der Waals surface area contributed by atoms with Gasteiger partial charge in [0.1, 0.15) is 23.7 Å². The van der Waals surface area contributed by atoms with Crippen molar-refractivity contribution in [1.82, 2.24) is 0 Å². The van der Waals surface area contributed by atoms with Crippen LogP contribution in [0.4, 0.5) is 0 Å². The Bertz CT molecular complexity index is 2100. The van der Waals surface area contributed by atoms with E-state index in [0.717, 1.165) is 23.1 Å². The van der Waals surface area contributed by atoms with E-state index in [0.29, 0.717) is 40.7 Å². The quantitative estimate of drug-likeness (QED) is 0.0551. The van der Waals surface area contributed by atoms with Crippen LogP contribution >= 0.6 is 0 Å². The van der Waals surface area contributed by atoms with Crippen molar-refractivity contribution in [2.75, 3.05) is 13.4 Å². The molecule has 4 heterocycles. The number of hydrogen-bond acceptors (Lipinski definition) is 9. The molecule has 4 aliphatic rings. The lowest BCUT2D eigenvalue weighted by Gasteiger charge is -2.43. The smallest absolute Gasteiger partial charge is 0.339 e. The number of allylic oxidation sites excluding steroid dienone is 3. The molecule has 0 unspecified atom stereocenters.